The van der Waals surface area contributed by atoms with Gasteiger partial charge in [0.2, 0.25) is 11.8 Å². The van der Waals surface area contributed by atoms with Gasteiger partial charge in [0, 0.05) is 46.7 Å². The van der Waals surface area contributed by atoms with Crippen LogP contribution in [0.4, 0.5) is 0 Å². The first kappa shape index (κ1) is 47.3. The molecule has 0 unspecified atom stereocenters. The van der Waals surface area contributed by atoms with Crippen molar-refractivity contribution in [2.45, 2.75) is 105 Å². The van der Waals surface area contributed by atoms with E-state index >= 15 is 0 Å². The van der Waals surface area contributed by atoms with Crippen LogP contribution in [0.1, 0.15) is 89.2 Å². The molecule has 0 bridgehead atoms. The van der Waals surface area contributed by atoms with Gasteiger partial charge in [-0.25, -0.2) is 0 Å². The third-order valence-corrected chi connectivity index (χ3v) is 11.9. The van der Waals surface area contributed by atoms with Gasteiger partial charge in [-0.3, -0.25) is 24.1 Å². The lowest BCUT2D eigenvalue weighted by molar-refractivity contribution is -0.164. The Hall–Kier alpha value is -4.71. The van der Waals surface area contributed by atoms with E-state index in [1.54, 1.807) is 66.7 Å². The van der Waals surface area contributed by atoms with Crippen LogP contribution in [0.2, 0.25) is 10.0 Å². The number of benzene rings is 3. The van der Waals surface area contributed by atoms with Crippen LogP contribution < -0.4 is 25.4 Å². The largest absolute Gasteiger partial charge is 0.494 e. The summed E-state index contributed by atoms with van der Waals surface area (Å²) in [6, 6.07) is 18.8. The summed E-state index contributed by atoms with van der Waals surface area (Å²) in [6.07, 6.45) is 0.506. The van der Waals surface area contributed by atoms with E-state index in [1.807, 2.05) is 20.8 Å². The number of nitriles is 1. The smallest absolute Gasteiger partial charge is 0.252 e. The molecule has 2 aliphatic rings. The van der Waals surface area contributed by atoms with Crippen LogP contribution in [0, 0.1) is 27.6 Å². The number of aliphatic hydroxyl groups is 1. The van der Waals surface area contributed by atoms with Crippen molar-refractivity contribution in [3.8, 4) is 17.6 Å². The molecule has 5 rings (SSSR count). The lowest BCUT2D eigenvalue weighted by atomic mass is 9.49. The maximum absolute atomic E-state index is 14.1. The number of carbonyl (C=O) groups excluding carboxylic acids is 4. The van der Waals surface area contributed by atoms with Crippen LogP contribution in [-0.2, 0) is 25.7 Å². The Morgan fingerprint density at radius 2 is 1.59 bits per heavy atom. The molecule has 1 heterocycles. The minimum absolute atomic E-state index is 0.0296. The first-order chi connectivity index (χ1) is 28.7. The number of rotatable bonds is 17. The number of unbranched alkanes of at least 4 members (excludes halogenated alkanes) is 1. The molecule has 0 spiro atoms. The van der Waals surface area contributed by atoms with Crippen LogP contribution in [0.3, 0.4) is 0 Å². The van der Waals surface area contributed by atoms with Crippen LogP contribution in [0.15, 0.2) is 66.7 Å². The molecular formula is C46H57Cl2N5O8. The van der Waals surface area contributed by atoms with E-state index < -0.39 is 52.2 Å². The summed E-state index contributed by atoms with van der Waals surface area (Å²) >= 11 is 12.3. The molecule has 15 heteroatoms. The molecule has 0 aromatic heterocycles. The standard InChI is InChI=1S/C46H57Cl2N5O8/c1-44(2,3)38(41(58)53(26-28-10-15-31(47)16-11-28)40(57)36-22-32(54)25-50-36)51-37(55)27-59-20-8-9-21-60-33-17-12-29(13-18-33)39(56)52-42-45(4,5)43(46(42,6)7)61-34-19-14-30(24-49)35(48)23-34/h10-19,23,32,36,38,42-43,50,54H,8-9,20-22,25-27H2,1-7H3,(H,51,55)(H,52,56)/t32-,36+,38-,42-,43-/m1/s1. The van der Waals surface area contributed by atoms with Gasteiger partial charge in [-0.2, -0.15) is 5.26 Å². The van der Waals surface area contributed by atoms with Crippen molar-refractivity contribution in [2.75, 3.05) is 26.4 Å². The van der Waals surface area contributed by atoms with Gasteiger partial charge in [-0.05, 0) is 78.8 Å². The number of amides is 4. The Labute approximate surface area is 368 Å². The minimum atomic E-state index is -1.04. The highest BCUT2D eigenvalue weighted by molar-refractivity contribution is 6.31. The molecule has 1 saturated heterocycles. The zero-order chi connectivity index (χ0) is 44.7. The lowest BCUT2D eigenvalue weighted by Crippen LogP contribution is -2.74. The predicted molar refractivity (Wildman–Crippen MR) is 232 cm³/mol. The number of nitrogens with zero attached hydrogens (tertiary/aromatic N) is 2. The zero-order valence-electron chi connectivity index (χ0n) is 35.8. The van der Waals surface area contributed by atoms with Crippen LogP contribution in [0.25, 0.3) is 0 Å². The fourth-order valence-corrected chi connectivity index (χ4v) is 8.65. The van der Waals surface area contributed by atoms with Crippen molar-refractivity contribution >= 4 is 46.8 Å². The normalized spacial score (nSPS) is 20.7. The Morgan fingerprint density at radius 1 is 0.951 bits per heavy atom. The quantitative estimate of drug-likeness (QED) is 0.110. The van der Waals surface area contributed by atoms with Crippen LogP contribution in [-0.4, -0.2) is 90.3 Å². The molecule has 4 N–H and O–H groups in total. The summed E-state index contributed by atoms with van der Waals surface area (Å²) in [6.45, 7) is 14.2. The van der Waals surface area contributed by atoms with Crippen molar-refractivity contribution < 1.29 is 38.5 Å². The molecule has 1 aliphatic carbocycles. The highest BCUT2D eigenvalue weighted by Gasteiger charge is 2.64. The van der Waals surface area contributed by atoms with Gasteiger partial charge < -0.3 is 35.3 Å². The highest BCUT2D eigenvalue weighted by Crippen LogP contribution is 2.55. The average molecular weight is 879 g/mol. The van der Waals surface area contributed by atoms with Crippen molar-refractivity contribution in [1.82, 2.24) is 20.9 Å². The number of halogens is 2. The van der Waals surface area contributed by atoms with Gasteiger partial charge in [-0.15, -0.1) is 0 Å². The topological polar surface area (TPSA) is 179 Å². The van der Waals surface area contributed by atoms with Crippen LogP contribution in [0.5, 0.6) is 11.5 Å². The number of β-amino-alcohol motifs (C(OH)–C–C–N with tert-alkyl or cyclic N) is 1. The van der Waals surface area contributed by atoms with E-state index in [-0.39, 0.29) is 50.8 Å². The molecule has 13 nitrogen and oxygen atoms in total. The number of hydrogen-bond acceptors (Lipinski definition) is 10. The second-order valence-electron chi connectivity index (χ2n) is 18.0. The molecule has 1 saturated carbocycles. The number of hydrogen-bond donors (Lipinski definition) is 4. The van der Waals surface area contributed by atoms with Crippen molar-refractivity contribution in [2.24, 2.45) is 16.2 Å². The SMILES string of the molecule is CC(C)(C)[C@H](NC(=O)COCCCCOc1ccc(C(=O)N[C@H]2C(C)(C)[C@H](Oc3ccc(C#N)c(Cl)c3)C2(C)C)cc1)C(=O)N(Cc1ccc(Cl)cc1)C(=O)[C@@H]1C[C@@H](O)CN1. The van der Waals surface area contributed by atoms with E-state index in [0.717, 1.165) is 4.90 Å². The molecule has 1 aliphatic heterocycles. The highest BCUT2D eigenvalue weighted by atomic mass is 35.5. The summed E-state index contributed by atoms with van der Waals surface area (Å²) < 4.78 is 17.9. The Balaban J connectivity index is 1.04. The summed E-state index contributed by atoms with van der Waals surface area (Å²) in [5.74, 6) is -0.566. The number of carbonyl (C=O) groups is 4. The molecule has 61 heavy (non-hydrogen) atoms. The monoisotopic (exact) mass is 877 g/mol. The number of nitrogens with one attached hydrogen (secondary N) is 3. The molecular weight excluding hydrogens is 821 g/mol. The maximum Gasteiger partial charge on any atom is 0.252 e. The molecule has 3 atom stereocenters. The van der Waals surface area contributed by atoms with Gasteiger partial charge in [-0.1, -0.05) is 83.8 Å². The van der Waals surface area contributed by atoms with Crippen molar-refractivity contribution in [1.29, 1.82) is 5.26 Å². The van der Waals surface area contributed by atoms with Gasteiger partial charge in [0.25, 0.3) is 11.8 Å². The van der Waals surface area contributed by atoms with E-state index in [4.69, 9.17) is 37.4 Å². The zero-order valence-corrected chi connectivity index (χ0v) is 37.4. The fraction of sp³-hybridized carbons (Fsp3) is 0.500. The van der Waals surface area contributed by atoms with Gasteiger partial charge >= 0.3 is 0 Å². The number of aliphatic hydroxyl groups excluding tert-OH is 1. The lowest BCUT2D eigenvalue weighted by Gasteiger charge is -2.63. The third-order valence-electron chi connectivity index (χ3n) is 11.3. The second kappa shape index (κ2) is 20.0. The minimum Gasteiger partial charge on any atom is -0.494 e. The predicted octanol–water partition coefficient (Wildman–Crippen LogP) is 6.46. The van der Waals surface area contributed by atoms with E-state index in [9.17, 15) is 29.5 Å². The third kappa shape index (κ3) is 11.8. The van der Waals surface area contributed by atoms with Crippen molar-refractivity contribution in [3.05, 3.63) is 93.5 Å². The van der Waals surface area contributed by atoms with Crippen LogP contribution >= 0.6 is 23.2 Å². The van der Waals surface area contributed by atoms with Gasteiger partial charge in [0.1, 0.15) is 36.3 Å². The first-order valence-electron chi connectivity index (χ1n) is 20.5. The number of ether oxygens (including phenoxy) is 3. The Bertz CT molecular complexity index is 2060. The second-order valence-corrected chi connectivity index (χ2v) is 18.9. The fourth-order valence-electron chi connectivity index (χ4n) is 8.31. The first-order valence-corrected chi connectivity index (χ1v) is 21.3. The average Bonchev–Trinajstić information content (AvgIpc) is 3.65. The summed E-state index contributed by atoms with van der Waals surface area (Å²) in [5.41, 5.74) is 0.0137. The Kier molecular flexibility index (Phi) is 15.5. The van der Waals surface area contributed by atoms with Gasteiger partial charge in [0.15, 0.2) is 0 Å². The van der Waals surface area contributed by atoms with Crippen molar-refractivity contribution in [3.63, 3.8) is 0 Å². The van der Waals surface area contributed by atoms with E-state index in [2.05, 4.69) is 49.7 Å². The van der Waals surface area contributed by atoms with Gasteiger partial charge in [0.05, 0.1) is 35.9 Å². The summed E-state index contributed by atoms with van der Waals surface area (Å²) in [5, 5.41) is 29.1. The molecule has 328 valence electrons. The summed E-state index contributed by atoms with van der Waals surface area (Å²) in [4.78, 5) is 55.2. The molecule has 4 amide bonds. The van der Waals surface area contributed by atoms with E-state index in [0.29, 0.717) is 57.7 Å². The molecule has 3 aromatic carbocycles. The summed E-state index contributed by atoms with van der Waals surface area (Å²) in [7, 11) is 0. The molecule has 2 fully saturated rings. The maximum atomic E-state index is 14.1. The van der Waals surface area contributed by atoms with E-state index in [1.165, 1.54) is 0 Å². The Morgan fingerprint density at radius 3 is 2.18 bits per heavy atom. The molecule has 3 aromatic rings. The number of imide groups is 1. The molecule has 0 radical (unpaired) electrons.